The third-order valence-electron chi connectivity index (χ3n) is 18.3. The monoisotopic (exact) mass is 2200 g/mol. The number of Topliss-reactive ketones (excluding diaryl/α,β-unsaturated/α-hetero) is 1. The van der Waals surface area contributed by atoms with E-state index in [4.69, 9.17) is 213 Å². The molecule has 0 aromatic heterocycles. The summed E-state index contributed by atoms with van der Waals surface area (Å²) in [5.74, 6) is -0.123. The zero-order valence-electron chi connectivity index (χ0n) is 90.2. The van der Waals surface area contributed by atoms with Crippen LogP contribution in [0.15, 0.2) is 0 Å². The zero-order chi connectivity index (χ0) is 107. The number of hydrogen-bond donors (Lipinski definition) is 2. The van der Waals surface area contributed by atoms with Crippen molar-refractivity contribution in [1.29, 1.82) is 0 Å². The molecule has 0 radical (unpaired) electrons. The van der Waals surface area contributed by atoms with Crippen LogP contribution in [0.5, 0.6) is 0 Å². The summed E-state index contributed by atoms with van der Waals surface area (Å²) in [6, 6.07) is 0. The number of amides is 1. The van der Waals surface area contributed by atoms with Crippen molar-refractivity contribution in [3.8, 4) is 0 Å². The Morgan fingerprint density at radius 1 is 0.174 bits per heavy atom. The molecule has 0 aromatic rings. The van der Waals surface area contributed by atoms with Gasteiger partial charge in [0.05, 0.1) is 575 Å². The fourth-order valence-corrected chi connectivity index (χ4v) is 11.1. The van der Waals surface area contributed by atoms with Gasteiger partial charge >= 0.3 is 7.82 Å². The van der Waals surface area contributed by atoms with E-state index in [-0.39, 0.29) is 38.1 Å². The Morgan fingerprint density at radius 2 is 0.282 bits per heavy atom. The Balaban J connectivity index is 3.12. The lowest BCUT2D eigenvalue weighted by molar-refractivity contribution is -0.126. The molecule has 1 amide bonds. The number of phosphoric ester groups is 1. The first-order chi connectivity index (χ1) is 73.9. The smallest absolute Gasteiger partial charge is 0.379 e. The largest absolute Gasteiger partial charge is 0.471 e. The van der Waals surface area contributed by atoms with Crippen LogP contribution in [0, 0.1) is 0 Å². The van der Waals surface area contributed by atoms with Crippen molar-refractivity contribution in [3.05, 3.63) is 0 Å². The van der Waals surface area contributed by atoms with Crippen LogP contribution >= 0.6 is 7.82 Å². The highest BCUT2D eigenvalue weighted by atomic mass is 31.2. The molecule has 51 nitrogen and oxygen atoms in total. The third kappa shape index (κ3) is 138. The molecule has 0 rings (SSSR count). The third-order valence-corrected chi connectivity index (χ3v) is 19.2. The van der Waals surface area contributed by atoms with Crippen molar-refractivity contribution >= 4 is 19.5 Å². The molecule has 0 fully saturated rings. The van der Waals surface area contributed by atoms with Gasteiger partial charge in [-0.2, -0.15) is 0 Å². The van der Waals surface area contributed by atoms with Gasteiger partial charge in [0.1, 0.15) is 12.4 Å². The Bertz CT molecular complexity index is 2340. The molecule has 0 heterocycles. The first-order valence-corrected chi connectivity index (χ1v) is 54.1. The molecule has 1 unspecified atom stereocenters. The van der Waals surface area contributed by atoms with Crippen LogP contribution in [-0.2, 0) is 232 Å². The van der Waals surface area contributed by atoms with E-state index >= 15 is 0 Å². The van der Waals surface area contributed by atoms with Crippen molar-refractivity contribution in [1.82, 2.24) is 5.32 Å². The summed E-state index contributed by atoms with van der Waals surface area (Å²) in [7, 11) is -3.01. The molecular formula is C97H194NO50P. The Hall–Kier alpha value is -2.51. The zero-order valence-corrected chi connectivity index (χ0v) is 91.1. The number of carbonyl (C=O) groups excluding carboxylic acids is 2. The molecule has 0 aliphatic heterocycles. The fourth-order valence-electron chi connectivity index (χ4n) is 10.6. The molecule has 0 saturated carbocycles. The molecule has 1 atom stereocenters. The Kier molecular flexibility index (Phi) is 134. The standard InChI is InChI=1S/C97H194NO50P/c1-3-96(99)5-4-7-104-9-10-105-11-12-106-13-14-107-15-16-108-17-18-109-19-20-110-21-22-111-23-24-112-25-26-113-27-28-114-29-30-115-31-32-116-33-34-117-35-36-118-37-38-119-39-40-120-41-42-121-43-44-122-45-46-123-47-48-124-49-50-125-51-52-126-53-54-127-55-56-128-57-58-129-59-60-130-61-62-131-63-64-132-65-66-133-67-68-134-69-70-135-71-72-136-73-74-137-75-76-138-77-78-139-79-80-140-81-82-141-83-84-142-85-86-143-87-88-144-89-90-145-91-92-146-93-94-147-95-97(100)98-6-8-148-149(101,102)103-2/h3-95H2,1-2H3,(H,98,100)(H,101,102). The van der Waals surface area contributed by atoms with Crippen molar-refractivity contribution < 1.29 is 237 Å². The molecule has 52 heteroatoms. The van der Waals surface area contributed by atoms with Gasteiger partial charge in [-0.05, 0) is 6.42 Å². The first-order valence-electron chi connectivity index (χ1n) is 52.6. The molecule has 0 bridgehead atoms. The molecule has 0 aliphatic rings. The second-order valence-electron chi connectivity index (χ2n) is 30.2. The summed E-state index contributed by atoms with van der Waals surface area (Å²) in [6.45, 7) is 41.9. The molecule has 149 heavy (non-hydrogen) atoms. The second-order valence-corrected chi connectivity index (χ2v) is 31.8. The number of phosphoric acid groups is 1. The molecule has 892 valence electrons. The number of hydrogen-bond acceptors (Lipinski definition) is 49. The fraction of sp³-hybridized carbons (Fsp3) is 0.979. The highest BCUT2D eigenvalue weighted by molar-refractivity contribution is 7.47. The van der Waals surface area contributed by atoms with E-state index in [1.807, 2.05) is 6.92 Å². The van der Waals surface area contributed by atoms with Gasteiger partial charge in [-0.25, -0.2) is 4.57 Å². The maximum atomic E-state index is 11.6. The lowest BCUT2D eigenvalue weighted by Gasteiger charge is -2.10. The number of ether oxygens (including phenoxy) is 44. The quantitative estimate of drug-likeness (QED) is 0.0641. The normalized spacial score (nSPS) is 12.2. The van der Waals surface area contributed by atoms with E-state index in [0.717, 1.165) is 13.5 Å². The number of rotatable bonds is 141. The van der Waals surface area contributed by atoms with E-state index in [2.05, 4.69) is 14.4 Å². The van der Waals surface area contributed by atoms with Crippen LogP contribution in [-0.4, -0.2) is 618 Å². The van der Waals surface area contributed by atoms with Crippen LogP contribution < -0.4 is 5.32 Å². The summed E-state index contributed by atoms with van der Waals surface area (Å²) < 4.78 is 263. The van der Waals surface area contributed by atoms with E-state index in [1.54, 1.807) is 0 Å². The highest BCUT2D eigenvalue weighted by Crippen LogP contribution is 2.41. The Morgan fingerprint density at radius 3 is 0.389 bits per heavy atom. The molecule has 0 aromatic carbocycles. The van der Waals surface area contributed by atoms with Gasteiger partial charge in [0, 0.05) is 33.1 Å². The van der Waals surface area contributed by atoms with Crippen LogP contribution in [0.25, 0.3) is 0 Å². The molecular weight excluding hydrogens is 2010 g/mol. The highest BCUT2D eigenvalue weighted by Gasteiger charge is 2.18. The van der Waals surface area contributed by atoms with Crippen molar-refractivity contribution in [3.63, 3.8) is 0 Å². The van der Waals surface area contributed by atoms with Crippen LogP contribution in [0.3, 0.4) is 0 Å². The van der Waals surface area contributed by atoms with E-state index in [1.165, 1.54) is 0 Å². The summed E-state index contributed by atoms with van der Waals surface area (Å²) in [5, 5.41) is 2.48. The predicted molar refractivity (Wildman–Crippen MR) is 536 cm³/mol. The number of nitrogens with one attached hydrogen (secondary N) is 1. The maximum absolute atomic E-state index is 11.6. The van der Waals surface area contributed by atoms with E-state index in [0.29, 0.717) is 581 Å². The van der Waals surface area contributed by atoms with Crippen LogP contribution in [0.4, 0.5) is 0 Å². The minimum atomic E-state index is -4.06. The van der Waals surface area contributed by atoms with Gasteiger partial charge in [-0.3, -0.25) is 18.6 Å². The summed E-state index contributed by atoms with van der Waals surface area (Å²) in [5.41, 5.74) is 0. The first kappa shape index (κ1) is 146. The van der Waals surface area contributed by atoms with Gasteiger partial charge in [0.2, 0.25) is 5.91 Å². The SMILES string of the molecule is CCC(=O)CCCOCCOCCOCCOCCOCCOCCOCCOCCOCCOCCOCCOCCOCCOCCOCCOCCOCCOCCOCCOCCOCCOCCOCCOCCOCCOCCOCCOCCOCCOCCOCCOCCOCCOCCOCCOCCOCCOCCOCCOCCOCCOCCOCCOCC(=O)NCCOP(=O)(O)OC. The van der Waals surface area contributed by atoms with Gasteiger partial charge in [0.15, 0.2) is 0 Å². The lowest BCUT2D eigenvalue weighted by Crippen LogP contribution is -2.31. The van der Waals surface area contributed by atoms with Gasteiger partial charge < -0.3 is 219 Å². The summed E-state index contributed by atoms with van der Waals surface area (Å²) in [6.07, 6.45) is 1.92. The van der Waals surface area contributed by atoms with Gasteiger partial charge in [0.25, 0.3) is 0 Å². The van der Waals surface area contributed by atoms with Crippen LogP contribution in [0.1, 0.15) is 26.2 Å². The second kappa shape index (κ2) is 136. The minimum Gasteiger partial charge on any atom is -0.379 e. The topological polar surface area (TPSA) is 508 Å². The number of carbonyl (C=O) groups is 2. The maximum Gasteiger partial charge on any atom is 0.471 e. The molecule has 0 saturated heterocycles. The lowest BCUT2D eigenvalue weighted by atomic mass is 10.2. The van der Waals surface area contributed by atoms with E-state index < -0.39 is 7.82 Å². The van der Waals surface area contributed by atoms with Gasteiger partial charge in [-0.1, -0.05) is 6.92 Å². The molecule has 0 spiro atoms. The predicted octanol–water partition coefficient (Wildman–Crippen LogP) is 1.36. The molecule has 2 N–H and O–H groups in total. The summed E-state index contributed by atoms with van der Waals surface area (Å²) >= 11 is 0. The molecule has 0 aliphatic carbocycles. The average Bonchev–Trinajstić information content (AvgIpc) is 0.951. The number of ketones is 1. The van der Waals surface area contributed by atoms with Crippen LogP contribution in [0.2, 0.25) is 0 Å². The average molecular weight is 2210 g/mol. The van der Waals surface area contributed by atoms with Crippen molar-refractivity contribution in [2.24, 2.45) is 0 Å². The van der Waals surface area contributed by atoms with Gasteiger partial charge in [-0.15, -0.1) is 0 Å². The van der Waals surface area contributed by atoms with Crippen molar-refractivity contribution in [2.75, 3.05) is 602 Å². The van der Waals surface area contributed by atoms with Crippen molar-refractivity contribution in [2.45, 2.75) is 26.2 Å². The van der Waals surface area contributed by atoms with E-state index in [9.17, 15) is 14.2 Å². The summed E-state index contributed by atoms with van der Waals surface area (Å²) in [4.78, 5) is 32.0. The Labute approximate surface area is 885 Å². The minimum absolute atomic E-state index is 0.0388.